The molecule has 0 saturated carbocycles. The number of nitrogens with two attached hydrogens (primary N) is 1. The largest absolute Gasteiger partial charge is 0.477 e. The summed E-state index contributed by atoms with van der Waals surface area (Å²) < 4.78 is 0. The Morgan fingerprint density at radius 2 is 2.29 bits per heavy atom. The van der Waals surface area contributed by atoms with Crippen molar-refractivity contribution in [1.82, 2.24) is 4.98 Å². The van der Waals surface area contributed by atoms with Crippen LogP contribution in [0.25, 0.3) is 10.2 Å². The predicted molar refractivity (Wildman–Crippen MR) is 97.1 cm³/mol. The van der Waals surface area contributed by atoms with E-state index >= 15 is 0 Å². The van der Waals surface area contributed by atoms with Crippen molar-refractivity contribution in [1.29, 1.82) is 0 Å². The number of nitrogens with zero attached hydrogens (tertiary/aromatic N) is 2. The highest BCUT2D eigenvalue weighted by Crippen LogP contribution is 2.38. The number of hydrogen-bond donors (Lipinski definition) is 3. The Bertz CT molecular complexity index is 759. The molecule has 3 rings (SSSR count). The van der Waals surface area contributed by atoms with Gasteiger partial charge in [0.15, 0.2) is 0 Å². The molecule has 1 aliphatic rings. The summed E-state index contributed by atoms with van der Waals surface area (Å²) in [5, 5.41) is 19.8. The van der Waals surface area contributed by atoms with Crippen LogP contribution in [0.5, 0.6) is 0 Å². The Morgan fingerprint density at radius 1 is 1.50 bits per heavy atom. The number of carboxylic acids is 1. The van der Waals surface area contributed by atoms with Crippen LogP contribution in [0.1, 0.15) is 47.8 Å². The van der Waals surface area contributed by atoms with Crippen LogP contribution in [0.3, 0.4) is 0 Å². The third-order valence-electron chi connectivity index (χ3n) is 4.61. The number of nitrogen functional groups attached to an aromatic ring is 1. The molecule has 0 bridgehead atoms. The monoisotopic (exact) mass is 349 g/mol. The molecule has 4 N–H and O–H groups in total. The number of aromatic carboxylic acids is 1. The summed E-state index contributed by atoms with van der Waals surface area (Å²) in [7, 11) is 0. The van der Waals surface area contributed by atoms with Crippen LogP contribution in [0, 0.1) is 0 Å². The molecule has 7 heteroatoms. The zero-order chi connectivity index (χ0) is 17.3. The van der Waals surface area contributed by atoms with E-state index in [1.165, 1.54) is 0 Å². The van der Waals surface area contributed by atoms with E-state index in [4.69, 9.17) is 10.7 Å². The molecule has 0 aromatic carbocycles. The number of fused-ring (bicyclic) bond motifs is 1. The third-order valence-corrected chi connectivity index (χ3v) is 5.70. The molecular weight excluding hydrogens is 326 g/mol. The van der Waals surface area contributed by atoms with Gasteiger partial charge in [-0.2, -0.15) is 0 Å². The highest BCUT2D eigenvalue weighted by molar-refractivity contribution is 7.21. The smallest absolute Gasteiger partial charge is 0.348 e. The lowest BCUT2D eigenvalue weighted by atomic mass is 10.0. The molecule has 24 heavy (non-hydrogen) atoms. The first-order chi connectivity index (χ1) is 11.6. The summed E-state index contributed by atoms with van der Waals surface area (Å²) in [5.41, 5.74) is 7.45. The fraction of sp³-hybridized carbons (Fsp3) is 0.529. The van der Waals surface area contributed by atoms with Crippen molar-refractivity contribution in [2.45, 2.75) is 45.1 Å². The number of aromatic nitrogens is 1. The van der Waals surface area contributed by atoms with Crippen LogP contribution < -0.4 is 10.6 Å². The summed E-state index contributed by atoms with van der Waals surface area (Å²) >= 11 is 1.13. The molecule has 2 aromatic heterocycles. The van der Waals surface area contributed by atoms with Gasteiger partial charge < -0.3 is 20.8 Å². The minimum atomic E-state index is -1.01. The number of thiophene rings is 1. The molecule has 0 radical (unpaired) electrons. The number of carboxylic acid groups (broad SMARTS) is 1. The van der Waals surface area contributed by atoms with E-state index in [0.717, 1.165) is 66.8 Å². The minimum absolute atomic E-state index is 0.0782. The Kier molecular flexibility index (Phi) is 4.91. The lowest BCUT2D eigenvalue weighted by Gasteiger charge is -2.35. The van der Waals surface area contributed by atoms with Gasteiger partial charge in [0.2, 0.25) is 0 Å². The Balaban J connectivity index is 2.14. The van der Waals surface area contributed by atoms with Gasteiger partial charge >= 0.3 is 5.97 Å². The summed E-state index contributed by atoms with van der Waals surface area (Å²) in [6.07, 6.45) is 4.91. The Hall–Kier alpha value is -1.86. The van der Waals surface area contributed by atoms with Crippen molar-refractivity contribution < 1.29 is 15.0 Å². The topological polar surface area (TPSA) is 99.7 Å². The number of aliphatic hydroxyl groups excluding tert-OH is 1. The van der Waals surface area contributed by atoms with Crippen molar-refractivity contribution in [3.05, 3.63) is 16.5 Å². The van der Waals surface area contributed by atoms with Gasteiger partial charge in [-0.05, 0) is 37.3 Å². The lowest BCUT2D eigenvalue weighted by Crippen LogP contribution is -2.42. The Morgan fingerprint density at radius 3 is 2.96 bits per heavy atom. The SMILES string of the molecule is CCCc1cc(N2CCCCC2CO)nc2sc(C(=O)O)c(N)c12. The van der Waals surface area contributed by atoms with E-state index in [2.05, 4.69) is 11.8 Å². The highest BCUT2D eigenvalue weighted by atomic mass is 32.1. The van der Waals surface area contributed by atoms with Gasteiger partial charge in [-0.15, -0.1) is 11.3 Å². The van der Waals surface area contributed by atoms with Crippen LogP contribution in [-0.4, -0.2) is 40.4 Å². The summed E-state index contributed by atoms with van der Waals surface area (Å²) in [4.78, 5) is 19.1. The number of pyridine rings is 1. The van der Waals surface area contributed by atoms with Crippen LogP contribution in [0.15, 0.2) is 6.07 Å². The normalized spacial score (nSPS) is 18.2. The summed E-state index contributed by atoms with van der Waals surface area (Å²) in [6.45, 7) is 3.06. The van der Waals surface area contributed by atoms with Crippen LogP contribution in [-0.2, 0) is 6.42 Å². The molecule has 1 aliphatic heterocycles. The minimum Gasteiger partial charge on any atom is -0.477 e. The molecular formula is C17H23N3O3S. The molecule has 1 saturated heterocycles. The maximum Gasteiger partial charge on any atom is 0.348 e. The first-order valence-corrected chi connectivity index (χ1v) is 9.21. The van der Waals surface area contributed by atoms with Crippen molar-refractivity contribution in [3.8, 4) is 0 Å². The van der Waals surface area contributed by atoms with Gasteiger partial charge in [-0.25, -0.2) is 9.78 Å². The molecule has 0 aliphatic carbocycles. The Labute approximate surface area is 144 Å². The first-order valence-electron chi connectivity index (χ1n) is 8.39. The van der Waals surface area contributed by atoms with Crippen LogP contribution in [0.2, 0.25) is 0 Å². The second-order valence-corrected chi connectivity index (χ2v) is 7.24. The maximum absolute atomic E-state index is 11.4. The van der Waals surface area contributed by atoms with Gasteiger partial charge in [-0.3, -0.25) is 0 Å². The number of carbonyl (C=O) groups is 1. The number of aliphatic hydroxyl groups is 1. The highest BCUT2D eigenvalue weighted by Gasteiger charge is 2.26. The fourth-order valence-electron chi connectivity index (χ4n) is 3.45. The molecule has 1 atom stereocenters. The number of aryl methyl sites for hydroxylation is 1. The quantitative estimate of drug-likeness (QED) is 0.767. The molecule has 6 nitrogen and oxygen atoms in total. The molecule has 130 valence electrons. The average Bonchev–Trinajstić information content (AvgIpc) is 2.92. The van der Waals surface area contributed by atoms with E-state index in [1.54, 1.807) is 0 Å². The number of rotatable bonds is 5. The van der Waals surface area contributed by atoms with E-state index in [1.807, 2.05) is 6.07 Å². The summed E-state index contributed by atoms with van der Waals surface area (Å²) in [6, 6.07) is 2.10. The van der Waals surface area contributed by atoms with Crippen molar-refractivity contribution in [2.24, 2.45) is 0 Å². The lowest BCUT2D eigenvalue weighted by molar-refractivity contribution is 0.0703. The van der Waals surface area contributed by atoms with E-state index < -0.39 is 5.97 Å². The maximum atomic E-state index is 11.4. The number of anilines is 2. The van der Waals surface area contributed by atoms with Gasteiger partial charge in [0, 0.05) is 11.9 Å². The third kappa shape index (κ3) is 2.93. The van der Waals surface area contributed by atoms with Crippen molar-refractivity contribution in [3.63, 3.8) is 0 Å². The van der Waals surface area contributed by atoms with Crippen LogP contribution in [0.4, 0.5) is 11.5 Å². The molecule has 1 unspecified atom stereocenters. The van der Waals surface area contributed by atoms with E-state index in [0.29, 0.717) is 10.5 Å². The van der Waals surface area contributed by atoms with E-state index in [9.17, 15) is 15.0 Å². The molecule has 1 fully saturated rings. The van der Waals surface area contributed by atoms with E-state index in [-0.39, 0.29) is 17.5 Å². The molecule has 3 heterocycles. The second-order valence-electron chi connectivity index (χ2n) is 6.25. The molecule has 0 spiro atoms. The van der Waals surface area contributed by atoms with Crippen LogP contribution >= 0.6 is 11.3 Å². The van der Waals surface area contributed by atoms with Gasteiger partial charge in [0.25, 0.3) is 0 Å². The van der Waals surface area contributed by atoms with Gasteiger partial charge in [-0.1, -0.05) is 13.3 Å². The zero-order valence-corrected chi connectivity index (χ0v) is 14.6. The number of hydrogen-bond acceptors (Lipinski definition) is 6. The predicted octanol–water partition coefficient (Wildman–Crippen LogP) is 2.88. The van der Waals surface area contributed by atoms with Crippen molar-refractivity contribution >= 4 is 39.0 Å². The average molecular weight is 349 g/mol. The zero-order valence-electron chi connectivity index (χ0n) is 13.8. The number of piperidine rings is 1. The fourth-order valence-corrected chi connectivity index (χ4v) is 4.42. The molecule has 2 aromatic rings. The standard InChI is InChI=1S/C17H23N3O3S/c1-2-5-10-8-12(20-7-4-3-6-11(20)9-21)19-16-13(10)14(18)15(24-16)17(22)23/h8,11,21H,2-7,9,18H2,1H3,(H,22,23). The summed E-state index contributed by atoms with van der Waals surface area (Å²) in [5.74, 6) is -0.186. The van der Waals surface area contributed by atoms with Crippen molar-refractivity contribution in [2.75, 3.05) is 23.8 Å². The molecule has 0 amide bonds. The second kappa shape index (κ2) is 6.94. The first kappa shape index (κ1) is 17.0. The van der Waals surface area contributed by atoms with Gasteiger partial charge in [0.05, 0.1) is 18.3 Å². The van der Waals surface area contributed by atoms with Gasteiger partial charge in [0.1, 0.15) is 15.5 Å².